The minimum Gasteiger partial charge on any atom is -0.497 e. The summed E-state index contributed by atoms with van der Waals surface area (Å²) in [7, 11) is 1.52. The van der Waals surface area contributed by atoms with Crippen molar-refractivity contribution in [3.05, 3.63) is 63.9 Å². The molecule has 112 valence electrons. The molecule has 4 heteroatoms. The molecule has 1 N–H and O–H groups in total. The van der Waals surface area contributed by atoms with Crippen LogP contribution in [-0.2, 0) is 0 Å². The Morgan fingerprint density at radius 2 is 2.00 bits per heavy atom. The van der Waals surface area contributed by atoms with Gasteiger partial charge in [0.1, 0.15) is 11.6 Å². The molecule has 2 nitrogen and oxygen atoms in total. The molecular formula is C17H19ClFNO. The van der Waals surface area contributed by atoms with E-state index in [0.717, 1.165) is 17.7 Å². The largest absolute Gasteiger partial charge is 0.497 e. The number of benzene rings is 2. The Kier molecular flexibility index (Phi) is 5.21. The number of nitrogens with one attached hydrogen (secondary N) is 1. The monoisotopic (exact) mass is 307 g/mol. The van der Waals surface area contributed by atoms with Gasteiger partial charge in [-0.1, -0.05) is 36.7 Å². The molecule has 0 spiro atoms. The molecule has 0 aliphatic rings. The van der Waals surface area contributed by atoms with Crippen LogP contribution in [0.25, 0.3) is 0 Å². The summed E-state index contributed by atoms with van der Waals surface area (Å²) in [5, 5.41) is 3.99. The zero-order chi connectivity index (χ0) is 15.4. The van der Waals surface area contributed by atoms with E-state index in [0.29, 0.717) is 16.3 Å². The lowest BCUT2D eigenvalue weighted by molar-refractivity contribution is 0.410. The molecule has 0 bridgehead atoms. The normalized spacial score (nSPS) is 12.2. The summed E-state index contributed by atoms with van der Waals surface area (Å²) in [6, 6.07) is 10.5. The Bertz CT molecular complexity index is 630. The van der Waals surface area contributed by atoms with Gasteiger partial charge in [0.15, 0.2) is 0 Å². The highest BCUT2D eigenvalue weighted by atomic mass is 35.5. The summed E-state index contributed by atoms with van der Waals surface area (Å²) < 4.78 is 19.4. The fourth-order valence-corrected chi connectivity index (χ4v) is 2.46. The lowest BCUT2D eigenvalue weighted by atomic mass is 9.97. The topological polar surface area (TPSA) is 21.3 Å². The van der Waals surface area contributed by atoms with Gasteiger partial charge in [-0.3, -0.25) is 0 Å². The minimum atomic E-state index is -0.294. The highest BCUT2D eigenvalue weighted by Crippen LogP contribution is 2.29. The average Bonchev–Trinajstić information content (AvgIpc) is 2.48. The molecule has 0 saturated heterocycles. The van der Waals surface area contributed by atoms with Gasteiger partial charge in [0.05, 0.1) is 13.2 Å². The molecule has 1 atom stereocenters. The molecule has 0 aromatic heterocycles. The molecule has 2 aromatic rings. The predicted octanol–water partition coefficient (Wildman–Crippen LogP) is 4.50. The van der Waals surface area contributed by atoms with E-state index >= 15 is 0 Å². The SMILES string of the molecule is CCNC(c1ccc(C)c(Cl)c1)c1ccc(OC)cc1F. The molecule has 0 fully saturated rings. The summed E-state index contributed by atoms with van der Waals surface area (Å²) in [5.74, 6) is 0.213. The van der Waals surface area contributed by atoms with Crippen molar-refractivity contribution in [3.63, 3.8) is 0 Å². The van der Waals surface area contributed by atoms with Gasteiger partial charge in [-0.05, 0) is 36.7 Å². The molecule has 0 radical (unpaired) electrons. The van der Waals surface area contributed by atoms with Crippen molar-refractivity contribution in [2.75, 3.05) is 13.7 Å². The Morgan fingerprint density at radius 3 is 2.57 bits per heavy atom. The van der Waals surface area contributed by atoms with Gasteiger partial charge < -0.3 is 10.1 Å². The van der Waals surface area contributed by atoms with Crippen LogP contribution in [0.2, 0.25) is 5.02 Å². The number of hydrogen-bond acceptors (Lipinski definition) is 2. The third-order valence-corrected chi connectivity index (χ3v) is 3.86. The van der Waals surface area contributed by atoms with E-state index in [1.165, 1.54) is 13.2 Å². The van der Waals surface area contributed by atoms with E-state index in [1.54, 1.807) is 12.1 Å². The van der Waals surface area contributed by atoms with Crippen molar-refractivity contribution in [1.29, 1.82) is 0 Å². The summed E-state index contributed by atoms with van der Waals surface area (Å²) >= 11 is 6.19. The molecule has 0 amide bonds. The van der Waals surface area contributed by atoms with E-state index in [9.17, 15) is 4.39 Å². The fraction of sp³-hybridized carbons (Fsp3) is 0.294. The van der Waals surface area contributed by atoms with Gasteiger partial charge in [-0.2, -0.15) is 0 Å². The van der Waals surface area contributed by atoms with Crippen LogP contribution in [0.15, 0.2) is 36.4 Å². The summed E-state index contributed by atoms with van der Waals surface area (Å²) in [5.41, 5.74) is 2.53. The van der Waals surface area contributed by atoms with Crippen molar-refractivity contribution in [2.24, 2.45) is 0 Å². The Morgan fingerprint density at radius 1 is 1.24 bits per heavy atom. The third kappa shape index (κ3) is 3.55. The van der Waals surface area contributed by atoms with Gasteiger partial charge in [0.2, 0.25) is 0 Å². The van der Waals surface area contributed by atoms with Crippen LogP contribution in [-0.4, -0.2) is 13.7 Å². The van der Waals surface area contributed by atoms with Crippen LogP contribution in [0.4, 0.5) is 4.39 Å². The molecule has 2 aromatic carbocycles. The maximum atomic E-state index is 14.3. The Balaban J connectivity index is 2.45. The number of methoxy groups -OCH3 is 1. The lowest BCUT2D eigenvalue weighted by Crippen LogP contribution is -2.23. The smallest absolute Gasteiger partial charge is 0.132 e. The van der Waals surface area contributed by atoms with Crippen LogP contribution >= 0.6 is 11.6 Å². The first-order valence-electron chi connectivity index (χ1n) is 6.89. The number of rotatable bonds is 5. The van der Waals surface area contributed by atoms with Gasteiger partial charge in [-0.15, -0.1) is 0 Å². The Labute approximate surface area is 129 Å². The minimum absolute atomic E-state index is 0.237. The van der Waals surface area contributed by atoms with E-state index in [1.807, 2.05) is 32.0 Å². The fourth-order valence-electron chi connectivity index (χ4n) is 2.27. The van der Waals surface area contributed by atoms with Crippen LogP contribution in [0.5, 0.6) is 5.75 Å². The van der Waals surface area contributed by atoms with Crippen molar-refractivity contribution < 1.29 is 9.13 Å². The lowest BCUT2D eigenvalue weighted by Gasteiger charge is -2.20. The zero-order valence-electron chi connectivity index (χ0n) is 12.4. The second-order valence-electron chi connectivity index (χ2n) is 4.89. The van der Waals surface area contributed by atoms with E-state index in [-0.39, 0.29) is 11.9 Å². The van der Waals surface area contributed by atoms with Crippen molar-refractivity contribution >= 4 is 11.6 Å². The van der Waals surface area contributed by atoms with Crippen LogP contribution < -0.4 is 10.1 Å². The third-order valence-electron chi connectivity index (χ3n) is 3.46. The first-order chi connectivity index (χ1) is 10.1. The van der Waals surface area contributed by atoms with E-state index in [2.05, 4.69) is 5.32 Å². The van der Waals surface area contributed by atoms with Gasteiger partial charge in [-0.25, -0.2) is 4.39 Å². The molecule has 0 heterocycles. The highest BCUT2D eigenvalue weighted by molar-refractivity contribution is 6.31. The molecule has 0 aliphatic heterocycles. The zero-order valence-corrected chi connectivity index (χ0v) is 13.2. The molecule has 1 unspecified atom stereocenters. The number of ether oxygens (including phenoxy) is 1. The molecule has 21 heavy (non-hydrogen) atoms. The second kappa shape index (κ2) is 6.92. The van der Waals surface area contributed by atoms with E-state index < -0.39 is 0 Å². The van der Waals surface area contributed by atoms with Crippen LogP contribution in [0.3, 0.4) is 0 Å². The van der Waals surface area contributed by atoms with E-state index in [4.69, 9.17) is 16.3 Å². The van der Waals surface area contributed by atoms with Crippen LogP contribution in [0.1, 0.15) is 29.7 Å². The molecule has 0 aliphatic carbocycles. The predicted molar refractivity (Wildman–Crippen MR) is 84.7 cm³/mol. The maximum Gasteiger partial charge on any atom is 0.132 e. The number of hydrogen-bond donors (Lipinski definition) is 1. The summed E-state index contributed by atoms with van der Waals surface area (Å²) in [4.78, 5) is 0. The number of halogens is 2. The quantitative estimate of drug-likeness (QED) is 0.878. The summed E-state index contributed by atoms with van der Waals surface area (Å²) in [6.45, 7) is 4.66. The molecular weight excluding hydrogens is 289 g/mol. The van der Waals surface area contributed by atoms with Gasteiger partial charge in [0, 0.05) is 16.7 Å². The van der Waals surface area contributed by atoms with Crippen LogP contribution in [0, 0.1) is 12.7 Å². The van der Waals surface area contributed by atoms with Crippen molar-refractivity contribution in [2.45, 2.75) is 19.9 Å². The Hall–Kier alpha value is -1.58. The summed E-state index contributed by atoms with van der Waals surface area (Å²) in [6.07, 6.45) is 0. The first-order valence-corrected chi connectivity index (χ1v) is 7.27. The van der Waals surface area contributed by atoms with Gasteiger partial charge in [0.25, 0.3) is 0 Å². The average molecular weight is 308 g/mol. The van der Waals surface area contributed by atoms with Crippen molar-refractivity contribution in [3.8, 4) is 5.75 Å². The number of aryl methyl sites for hydroxylation is 1. The first kappa shape index (κ1) is 15.8. The second-order valence-corrected chi connectivity index (χ2v) is 5.29. The highest BCUT2D eigenvalue weighted by Gasteiger charge is 2.18. The maximum absolute atomic E-state index is 14.3. The molecule has 2 rings (SSSR count). The van der Waals surface area contributed by atoms with Crippen molar-refractivity contribution in [1.82, 2.24) is 5.32 Å². The standard InChI is InChI=1S/C17H19ClFNO/c1-4-20-17(12-6-5-11(2)15(18)9-12)14-8-7-13(21-3)10-16(14)19/h5-10,17,20H,4H2,1-3H3. The van der Waals surface area contributed by atoms with Gasteiger partial charge >= 0.3 is 0 Å². The molecule has 0 saturated carbocycles.